The van der Waals surface area contributed by atoms with Gasteiger partial charge in [-0.3, -0.25) is 9.59 Å². The van der Waals surface area contributed by atoms with E-state index in [0.29, 0.717) is 5.56 Å². The van der Waals surface area contributed by atoms with Crippen LogP contribution in [0.5, 0.6) is 0 Å². The van der Waals surface area contributed by atoms with Crippen molar-refractivity contribution in [3.8, 4) is 11.4 Å². The number of benzene rings is 1. The second-order valence-corrected chi connectivity index (χ2v) is 5.58. The van der Waals surface area contributed by atoms with Gasteiger partial charge in [-0.15, -0.1) is 0 Å². The quantitative estimate of drug-likeness (QED) is 0.913. The minimum atomic E-state index is -0.181. The third-order valence-corrected chi connectivity index (χ3v) is 3.93. The Hall–Kier alpha value is -2.63. The van der Waals surface area contributed by atoms with Crippen LogP contribution in [0.15, 0.2) is 36.7 Å². The molecule has 1 heterocycles. The molecule has 122 valence electrons. The van der Waals surface area contributed by atoms with Crippen LogP contribution < -0.4 is 5.32 Å². The van der Waals surface area contributed by atoms with E-state index in [1.165, 1.54) is 0 Å². The minimum Gasteiger partial charge on any atom is -0.359 e. The Kier molecular flexibility index (Phi) is 5.16. The van der Waals surface area contributed by atoms with Gasteiger partial charge in [0.1, 0.15) is 5.82 Å². The highest BCUT2D eigenvalue weighted by Crippen LogP contribution is 2.19. The molecule has 2 rings (SSSR count). The summed E-state index contributed by atoms with van der Waals surface area (Å²) in [6.07, 6.45) is 3.86. The second-order valence-electron chi connectivity index (χ2n) is 5.58. The van der Waals surface area contributed by atoms with Crippen molar-refractivity contribution >= 4 is 11.8 Å². The number of nitrogens with one attached hydrogen (secondary N) is 1. The predicted octanol–water partition coefficient (Wildman–Crippen LogP) is 1.68. The van der Waals surface area contributed by atoms with E-state index >= 15 is 0 Å². The molecule has 1 atom stereocenters. The van der Waals surface area contributed by atoms with Crippen molar-refractivity contribution in [2.75, 3.05) is 14.1 Å². The Balaban J connectivity index is 2.20. The molecule has 0 aliphatic carbocycles. The smallest absolute Gasteiger partial charge is 0.253 e. The Morgan fingerprint density at radius 2 is 2.13 bits per heavy atom. The van der Waals surface area contributed by atoms with Crippen LogP contribution in [0.1, 0.15) is 23.7 Å². The normalized spacial score (nSPS) is 11.8. The van der Waals surface area contributed by atoms with Crippen LogP contribution in [0.3, 0.4) is 0 Å². The number of aryl methyl sites for hydroxylation is 1. The van der Waals surface area contributed by atoms with Gasteiger partial charge in [0.05, 0.1) is 0 Å². The molecule has 23 heavy (non-hydrogen) atoms. The summed E-state index contributed by atoms with van der Waals surface area (Å²) in [6.45, 7) is 1.86. The molecule has 6 heteroatoms. The molecule has 1 aromatic carbocycles. The third-order valence-electron chi connectivity index (χ3n) is 3.93. The molecular weight excluding hydrogens is 292 g/mol. The van der Waals surface area contributed by atoms with Gasteiger partial charge in [-0.05, 0) is 19.1 Å². The number of aromatic nitrogens is 2. The Labute approximate surface area is 136 Å². The van der Waals surface area contributed by atoms with Gasteiger partial charge in [-0.1, -0.05) is 12.1 Å². The van der Waals surface area contributed by atoms with Crippen molar-refractivity contribution in [2.24, 2.45) is 7.05 Å². The lowest BCUT2D eigenvalue weighted by atomic mass is 10.1. The van der Waals surface area contributed by atoms with Crippen LogP contribution in [0, 0.1) is 0 Å². The highest BCUT2D eigenvalue weighted by atomic mass is 16.2. The highest BCUT2D eigenvalue weighted by Gasteiger charge is 2.20. The number of rotatable bonds is 5. The van der Waals surface area contributed by atoms with E-state index in [-0.39, 0.29) is 24.3 Å². The fourth-order valence-electron chi connectivity index (χ4n) is 2.35. The fourth-order valence-corrected chi connectivity index (χ4v) is 2.35. The number of hydrogen-bond donors (Lipinski definition) is 1. The van der Waals surface area contributed by atoms with Crippen LogP contribution in [-0.4, -0.2) is 46.4 Å². The molecule has 0 radical (unpaired) electrons. The summed E-state index contributed by atoms with van der Waals surface area (Å²) in [5, 5.41) is 2.58. The average Bonchev–Trinajstić information content (AvgIpc) is 2.99. The van der Waals surface area contributed by atoms with Crippen LogP contribution in [0.4, 0.5) is 0 Å². The standard InChI is InChI=1S/C17H22N4O2/c1-12(10-15(22)18-2)21(4)17(23)14-7-5-6-13(11-14)16-19-8-9-20(16)3/h5-9,11-12H,10H2,1-4H3,(H,18,22)/t12-/m1/s1. The van der Waals surface area contributed by atoms with E-state index in [2.05, 4.69) is 10.3 Å². The molecule has 1 aromatic heterocycles. The number of nitrogens with zero attached hydrogens (tertiary/aromatic N) is 3. The zero-order valence-corrected chi connectivity index (χ0v) is 13.9. The molecule has 0 aliphatic heterocycles. The Morgan fingerprint density at radius 3 is 2.74 bits per heavy atom. The maximum absolute atomic E-state index is 12.6. The molecule has 6 nitrogen and oxygen atoms in total. The van der Waals surface area contributed by atoms with E-state index in [4.69, 9.17) is 0 Å². The van der Waals surface area contributed by atoms with Gasteiger partial charge >= 0.3 is 0 Å². The SMILES string of the molecule is CNC(=O)C[C@@H](C)N(C)C(=O)c1cccc(-c2nccn2C)c1. The van der Waals surface area contributed by atoms with E-state index in [9.17, 15) is 9.59 Å². The van der Waals surface area contributed by atoms with Crippen molar-refractivity contribution in [3.63, 3.8) is 0 Å². The molecule has 0 aliphatic rings. The summed E-state index contributed by atoms with van der Waals surface area (Å²) in [7, 11) is 5.21. The number of imidazole rings is 1. The van der Waals surface area contributed by atoms with Crippen molar-refractivity contribution in [2.45, 2.75) is 19.4 Å². The van der Waals surface area contributed by atoms with Gasteiger partial charge in [0, 0.05) is 57.1 Å². The molecule has 2 amide bonds. The molecule has 0 spiro atoms. The highest BCUT2D eigenvalue weighted by molar-refractivity contribution is 5.95. The Morgan fingerprint density at radius 1 is 1.39 bits per heavy atom. The van der Waals surface area contributed by atoms with E-state index in [1.807, 2.05) is 42.9 Å². The van der Waals surface area contributed by atoms with Gasteiger partial charge in [0.15, 0.2) is 0 Å². The lowest BCUT2D eigenvalue weighted by Crippen LogP contribution is -2.38. The van der Waals surface area contributed by atoms with Crippen molar-refractivity contribution < 1.29 is 9.59 Å². The number of hydrogen-bond acceptors (Lipinski definition) is 3. The molecular formula is C17H22N4O2. The van der Waals surface area contributed by atoms with Gasteiger partial charge in [0.2, 0.25) is 5.91 Å². The molecule has 1 N–H and O–H groups in total. The van der Waals surface area contributed by atoms with Crippen LogP contribution >= 0.6 is 0 Å². The first-order valence-electron chi connectivity index (χ1n) is 7.49. The summed E-state index contributed by atoms with van der Waals surface area (Å²) in [4.78, 5) is 30.0. The van der Waals surface area contributed by atoms with Gasteiger partial charge < -0.3 is 14.8 Å². The largest absolute Gasteiger partial charge is 0.359 e. The molecule has 2 aromatic rings. The number of carbonyl (C=O) groups excluding carboxylic acids is 2. The Bertz CT molecular complexity index is 708. The molecule has 0 unspecified atom stereocenters. The number of carbonyl (C=O) groups is 2. The first-order chi connectivity index (χ1) is 10.9. The maximum Gasteiger partial charge on any atom is 0.253 e. The minimum absolute atomic E-state index is 0.0843. The molecule has 0 fully saturated rings. The molecule has 0 saturated carbocycles. The van der Waals surface area contributed by atoms with E-state index < -0.39 is 0 Å². The van der Waals surface area contributed by atoms with Crippen molar-refractivity contribution in [1.29, 1.82) is 0 Å². The van der Waals surface area contributed by atoms with E-state index in [0.717, 1.165) is 11.4 Å². The monoisotopic (exact) mass is 314 g/mol. The van der Waals surface area contributed by atoms with Crippen molar-refractivity contribution in [1.82, 2.24) is 19.8 Å². The summed E-state index contributed by atoms with van der Waals surface area (Å²) < 4.78 is 1.90. The summed E-state index contributed by atoms with van der Waals surface area (Å²) in [6, 6.07) is 7.19. The van der Waals surface area contributed by atoms with Gasteiger partial charge in [-0.25, -0.2) is 4.98 Å². The third kappa shape index (κ3) is 3.77. The average molecular weight is 314 g/mol. The maximum atomic E-state index is 12.6. The zero-order chi connectivity index (χ0) is 17.0. The fraction of sp³-hybridized carbons (Fsp3) is 0.353. The van der Waals surface area contributed by atoms with E-state index in [1.54, 1.807) is 31.3 Å². The summed E-state index contributed by atoms with van der Waals surface area (Å²) in [5.74, 6) is 0.608. The summed E-state index contributed by atoms with van der Waals surface area (Å²) >= 11 is 0. The first-order valence-corrected chi connectivity index (χ1v) is 7.49. The zero-order valence-electron chi connectivity index (χ0n) is 13.9. The van der Waals surface area contributed by atoms with Crippen LogP contribution in [-0.2, 0) is 11.8 Å². The molecule has 0 saturated heterocycles. The lowest BCUT2D eigenvalue weighted by Gasteiger charge is -2.24. The number of amides is 2. The lowest BCUT2D eigenvalue weighted by molar-refractivity contribution is -0.121. The topological polar surface area (TPSA) is 67.2 Å². The first kappa shape index (κ1) is 16.7. The van der Waals surface area contributed by atoms with Crippen LogP contribution in [0.2, 0.25) is 0 Å². The predicted molar refractivity (Wildman–Crippen MR) is 88.9 cm³/mol. The van der Waals surface area contributed by atoms with Gasteiger partial charge in [-0.2, -0.15) is 0 Å². The van der Waals surface area contributed by atoms with Crippen LogP contribution in [0.25, 0.3) is 11.4 Å². The molecule has 0 bridgehead atoms. The summed E-state index contributed by atoms with van der Waals surface area (Å²) in [5.41, 5.74) is 1.47. The van der Waals surface area contributed by atoms with Gasteiger partial charge in [0.25, 0.3) is 5.91 Å². The second kappa shape index (κ2) is 7.09. The van der Waals surface area contributed by atoms with Crippen molar-refractivity contribution in [3.05, 3.63) is 42.2 Å².